The van der Waals surface area contributed by atoms with Gasteiger partial charge in [-0.3, -0.25) is 9.59 Å². The van der Waals surface area contributed by atoms with Gasteiger partial charge >= 0.3 is 0 Å². The third kappa shape index (κ3) is 3.26. The highest BCUT2D eigenvalue weighted by Crippen LogP contribution is 2.30. The summed E-state index contributed by atoms with van der Waals surface area (Å²) in [6.07, 6.45) is 0.606. The number of nitrogens with zero attached hydrogens (tertiary/aromatic N) is 2. The number of piperazine rings is 1. The van der Waals surface area contributed by atoms with Crippen LogP contribution in [0.5, 0.6) is 0 Å². The van der Waals surface area contributed by atoms with E-state index in [0.29, 0.717) is 13.0 Å². The second kappa shape index (κ2) is 5.75. The molecule has 1 aromatic heterocycles. The minimum Gasteiger partial charge on any atom is -0.342 e. The van der Waals surface area contributed by atoms with E-state index in [0.717, 1.165) is 10.7 Å². The van der Waals surface area contributed by atoms with Crippen molar-refractivity contribution in [2.45, 2.75) is 59.7 Å². The van der Waals surface area contributed by atoms with Crippen molar-refractivity contribution >= 4 is 23.2 Å². The number of hydrogen-bond donors (Lipinski definition) is 1. The lowest BCUT2D eigenvalue weighted by Crippen LogP contribution is -2.66. The van der Waals surface area contributed by atoms with Gasteiger partial charge in [-0.2, -0.15) is 0 Å². The molecule has 2 heterocycles. The van der Waals surface area contributed by atoms with Gasteiger partial charge < -0.3 is 10.2 Å². The van der Waals surface area contributed by atoms with E-state index in [1.54, 1.807) is 4.90 Å². The predicted octanol–water partition coefficient (Wildman–Crippen LogP) is 2.10. The van der Waals surface area contributed by atoms with Crippen LogP contribution in [0.1, 0.15) is 44.8 Å². The Morgan fingerprint density at radius 3 is 2.52 bits per heavy atom. The fourth-order valence-corrected chi connectivity index (χ4v) is 3.48. The van der Waals surface area contributed by atoms with Crippen LogP contribution in [0.4, 0.5) is 0 Å². The number of carbonyl (C=O) groups is 2. The molecule has 1 N–H and O–H groups in total. The lowest BCUT2D eigenvalue weighted by atomic mass is 9.83. The van der Waals surface area contributed by atoms with Crippen LogP contribution >= 0.6 is 11.3 Å². The molecule has 6 heteroatoms. The number of nitrogens with one attached hydrogen (secondary N) is 1. The average molecular weight is 309 g/mol. The highest BCUT2D eigenvalue weighted by Gasteiger charge is 2.45. The van der Waals surface area contributed by atoms with Crippen LogP contribution in [0.2, 0.25) is 0 Å². The van der Waals surface area contributed by atoms with Crippen LogP contribution in [0.25, 0.3) is 0 Å². The van der Waals surface area contributed by atoms with E-state index in [2.05, 4.69) is 10.3 Å². The van der Waals surface area contributed by atoms with E-state index in [9.17, 15) is 9.59 Å². The monoisotopic (exact) mass is 309 g/mol. The molecule has 2 amide bonds. The molecule has 2 unspecified atom stereocenters. The Morgan fingerprint density at radius 2 is 2.05 bits per heavy atom. The van der Waals surface area contributed by atoms with Crippen LogP contribution in [0.3, 0.4) is 0 Å². The SMILES string of the molecule is CCC1NC(=O)C(C(C)(C)C)N(Cc2nc(C)cs2)C1=O. The summed E-state index contributed by atoms with van der Waals surface area (Å²) in [6.45, 7) is 10.2. The topological polar surface area (TPSA) is 62.3 Å². The summed E-state index contributed by atoms with van der Waals surface area (Å²) < 4.78 is 0. The number of rotatable bonds is 3. The standard InChI is InChI=1S/C15H23N3O2S/c1-6-10-14(20)18(7-11-16-9(2)8-21-11)12(13(19)17-10)15(3,4)5/h8,10,12H,6-7H2,1-5H3,(H,17,19). The number of hydrogen-bond acceptors (Lipinski definition) is 4. The molecule has 0 spiro atoms. The van der Waals surface area contributed by atoms with Crippen molar-refractivity contribution in [3.8, 4) is 0 Å². The first kappa shape index (κ1) is 15.9. The first-order valence-electron chi connectivity index (χ1n) is 7.26. The highest BCUT2D eigenvalue weighted by molar-refractivity contribution is 7.09. The highest BCUT2D eigenvalue weighted by atomic mass is 32.1. The van der Waals surface area contributed by atoms with Gasteiger partial charge in [-0.1, -0.05) is 27.7 Å². The second-order valence-corrected chi connectivity index (χ2v) is 7.53. The van der Waals surface area contributed by atoms with Gasteiger partial charge in [0.25, 0.3) is 0 Å². The zero-order valence-electron chi connectivity index (χ0n) is 13.3. The Morgan fingerprint density at radius 1 is 1.38 bits per heavy atom. The van der Waals surface area contributed by atoms with Gasteiger partial charge in [-0.05, 0) is 18.8 Å². The van der Waals surface area contributed by atoms with Crippen molar-refractivity contribution in [3.63, 3.8) is 0 Å². The van der Waals surface area contributed by atoms with Crippen molar-refractivity contribution in [2.24, 2.45) is 5.41 Å². The van der Waals surface area contributed by atoms with Gasteiger partial charge in [0.15, 0.2) is 0 Å². The van der Waals surface area contributed by atoms with E-state index in [4.69, 9.17) is 0 Å². The van der Waals surface area contributed by atoms with E-state index in [1.807, 2.05) is 40.0 Å². The molecule has 116 valence electrons. The first-order valence-corrected chi connectivity index (χ1v) is 8.14. The fraction of sp³-hybridized carbons (Fsp3) is 0.667. The van der Waals surface area contributed by atoms with Crippen LogP contribution in [-0.4, -0.2) is 33.8 Å². The Labute approximate surface area is 129 Å². The third-order valence-corrected chi connectivity index (χ3v) is 4.61. The minimum atomic E-state index is -0.461. The Bertz CT molecular complexity index is 547. The Balaban J connectivity index is 2.33. The lowest BCUT2D eigenvalue weighted by molar-refractivity contribution is -0.154. The molecule has 2 rings (SSSR count). The molecule has 5 nitrogen and oxygen atoms in total. The van der Waals surface area contributed by atoms with Crippen LogP contribution < -0.4 is 5.32 Å². The van der Waals surface area contributed by atoms with Crippen molar-refractivity contribution in [1.29, 1.82) is 0 Å². The van der Waals surface area contributed by atoms with Gasteiger partial charge in [-0.15, -0.1) is 11.3 Å². The van der Waals surface area contributed by atoms with Crippen LogP contribution in [-0.2, 0) is 16.1 Å². The summed E-state index contributed by atoms with van der Waals surface area (Å²) in [4.78, 5) is 31.2. The van der Waals surface area contributed by atoms with E-state index in [1.165, 1.54) is 11.3 Å². The molecule has 21 heavy (non-hydrogen) atoms. The van der Waals surface area contributed by atoms with Gasteiger partial charge in [0.2, 0.25) is 11.8 Å². The number of amides is 2. The van der Waals surface area contributed by atoms with Crippen molar-refractivity contribution < 1.29 is 9.59 Å². The molecule has 1 saturated heterocycles. The van der Waals surface area contributed by atoms with E-state index < -0.39 is 12.1 Å². The summed E-state index contributed by atoms with van der Waals surface area (Å²) in [5, 5.41) is 5.69. The molecule has 0 radical (unpaired) electrons. The molecule has 1 aliphatic heterocycles. The Hall–Kier alpha value is -1.43. The summed E-state index contributed by atoms with van der Waals surface area (Å²) in [6, 6.07) is -0.880. The van der Waals surface area contributed by atoms with E-state index in [-0.39, 0.29) is 17.2 Å². The number of carbonyl (C=O) groups excluding carboxylic acids is 2. The summed E-state index contributed by atoms with van der Waals surface area (Å²) in [5.41, 5.74) is 0.633. The minimum absolute atomic E-state index is 0.00937. The number of aromatic nitrogens is 1. The molecule has 0 aromatic carbocycles. The Kier molecular flexibility index (Phi) is 4.37. The zero-order chi connectivity index (χ0) is 15.8. The van der Waals surface area contributed by atoms with Gasteiger partial charge in [0, 0.05) is 11.1 Å². The molecule has 1 aromatic rings. The van der Waals surface area contributed by atoms with Gasteiger partial charge in [0.1, 0.15) is 17.1 Å². The van der Waals surface area contributed by atoms with Gasteiger partial charge in [-0.25, -0.2) is 4.98 Å². The molecule has 0 saturated carbocycles. The molecule has 2 atom stereocenters. The molecule has 1 fully saturated rings. The van der Waals surface area contributed by atoms with Crippen LogP contribution in [0, 0.1) is 12.3 Å². The summed E-state index contributed by atoms with van der Waals surface area (Å²) in [5.74, 6) is -0.0768. The second-order valence-electron chi connectivity index (χ2n) is 6.59. The number of thiazole rings is 1. The maximum absolute atomic E-state index is 12.7. The summed E-state index contributed by atoms with van der Waals surface area (Å²) in [7, 11) is 0. The average Bonchev–Trinajstić information content (AvgIpc) is 2.77. The fourth-order valence-electron chi connectivity index (χ4n) is 2.71. The zero-order valence-corrected chi connectivity index (χ0v) is 14.1. The summed E-state index contributed by atoms with van der Waals surface area (Å²) >= 11 is 1.53. The third-order valence-electron chi connectivity index (χ3n) is 3.66. The van der Waals surface area contributed by atoms with Crippen molar-refractivity contribution in [2.75, 3.05) is 0 Å². The molecule has 0 bridgehead atoms. The maximum atomic E-state index is 12.7. The number of aryl methyl sites for hydroxylation is 1. The smallest absolute Gasteiger partial charge is 0.246 e. The molecular weight excluding hydrogens is 286 g/mol. The van der Waals surface area contributed by atoms with Crippen LogP contribution in [0.15, 0.2) is 5.38 Å². The lowest BCUT2D eigenvalue weighted by Gasteiger charge is -2.44. The normalized spacial score (nSPS) is 23.4. The predicted molar refractivity (Wildman–Crippen MR) is 82.9 cm³/mol. The van der Waals surface area contributed by atoms with E-state index >= 15 is 0 Å². The molecule has 0 aliphatic carbocycles. The first-order chi connectivity index (χ1) is 9.74. The van der Waals surface area contributed by atoms with Gasteiger partial charge in [0.05, 0.1) is 6.54 Å². The molecule has 1 aliphatic rings. The largest absolute Gasteiger partial charge is 0.342 e. The quantitative estimate of drug-likeness (QED) is 0.930. The van der Waals surface area contributed by atoms with Crippen molar-refractivity contribution in [3.05, 3.63) is 16.1 Å². The maximum Gasteiger partial charge on any atom is 0.246 e. The molecular formula is C15H23N3O2S. The van der Waals surface area contributed by atoms with Crippen molar-refractivity contribution in [1.82, 2.24) is 15.2 Å².